The maximum Gasteiger partial charge on any atom is 0.311 e. The Kier molecular flexibility index (Phi) is 15.5. The summed E-state index contributed by atoms with van der Waals surface area (Å²) in [5, 5.41) is 33.9. The first-order valence-electron chi connectivity index (χ1n) is 18.8. The third-order valence-electron chi connectivity index (χ3n) is 12.2. The fourth-order valence-corrected chi connectivity index (χ4v) is 8.53. The van der Waals surface area contributed by atoms with Crippen LogP contribution in [0.5, 0.6) is 0 Å². The number of rotatable bonds is 8. The van der Waals surface area contributed by atoms with Gasteiger partial charge in [0.1, 0.15) is 24.1 Å². The third-order valence-corrected chi connectivity index (χ3v) is 12.2. The van der Waals surface area contributed by atoms with Gasteiger partial charge in [0.15, 0.2) is 12.6 Å². The molecule has 0 aromatic rings. The number of hydrogen-bond acceptors (Lipinski definition) is 13. The lowest BCUT2D eigenvalue weighted by molar-refractivity contribution is -0.319. The summed E-state index contributed by atoms with van der Waals surface area (Å²) in [7, 11) is 6.86. The van der Waals surface area contributed by atoms with Gasteiger partial charge in [0.05, 0.1) is 47.6 Å². The van der Waals surface area contributed by atoms with Crippen LogP contribution in [0.2, 0.25) is 0 Å². The van der Waals surface area contributed by atoms with Crippen molar-refractivity contribution < 1.29 is 58.1 Å². The monoisotopic (exact) mass is 731 g/mol. The zero-order valence-electron chi connectivity index (χ0n) is 33.5. The number of likely N-dealkylation sites (N-methyl/N-ethyl adjacent to an activating group) is 1. The lowest BCUT2D eigenvalue weighted by atomic mass is 9.74. The van der Waals surface area contributed by atoms with E-state index >= 15 is 0 Å². The Morgan fingerprint density at radius 3 is 1.98 bits per heavy atom. The van der Waals surface area contributed by atoms with Gasteiger partial charge >= 0.3 is 5.97 Å². The topological polar surface area (TPSA) is 163 Å². The van der Waals surface area contributed by atoms with Crippen LogP contribution in [0.4, 0.5) is 0 Å². The SMILES string of the molecule is CC[C@H]1OC(=O)[C@H](C)[C@@H](O[C@H]2C[C@@](C)(OC)[C@@H](O)[C@H](C)O2)[C@@H](C)[C@@H](O[C@@H]2O[C@H](C)C[C@H](N(C)C)[C@H]2O)[C@](C)(OC)C[C@@H](C)C(=O)[C@H](C)[C@H](O)[C@H]1C. The third kappa shape index (κ3) is 9.71. The molecule has 0 unspecified atom stereocenters. The van der Waals surface area contributed by atoms with Crippen molar-refractivity contribution in [2.24, 2.45) is 29.6 Å². The highest BCUT2D eigenvalue weighted by atomic mass is 16.7. The van der Waals surface area contributed by atoms with E-state index < -0.39 is 102 Å². The molecule has 0 aromatic heterocycles. The van der Waals surface area contributed by atoms with E-state index in [-0.39, 0.29) is 30.8 Å². The summed E-state index contributed by atoms with van der Waals surface area (Å²) in [5.41, 5.74) is -2.17. The zero-order valence-corrected chi connectivity index (χ0v) is 33.5. The molecule has 0 aliphatic carbocycles. The quantitative estimate of drug-likeness (QED) is 0.312. The molecule has 3 aliphatic rings. The van der Waals surface area contributed by atoms with Crippen LogP contribution < -0.4 is 0 Å². The molecule has 3 aliphatic heterocycles. The number of cyclic esters (lactones) is 1. The van der Waals surface area contributed by atoms with Crippen LogP contribution in [0.3, 0.4) is 0 Å². The van der Waals surface area contributed by atoms with Crippen molar-refractivity contribution in [1.82, 2.24) is 4.90 Å². The first-order chi connectivity index (χ1) is 23.7. The van der Waals surface area contributed by atoms with Gasteiger partial charge in [-0.2, -0.15) is 0 Å². The largest absolute Gasteiger partial charge is 0.462 e. The Morgan fingerprint density at radius 2 is 1.43 bits per heavy atom. The predicted octanol–water partition coefficient (Wildman–Crippen LogP) is 3.32. The van der Waals surface area contributed by atoms with Gasteiger partial charge in [0.25, 0.3) is 0 Å². The van der Waals surface area contributed by atoms with Crippen LogP contribution >= 0.6 is 0 Å². The molecule has 51 heavy (non-hydrogen) atoms. The summed E-state index contributed by atoms with van der Waals surface area (Å²) in [6.45, 7) is 18.1. The van der Waals surface area contributed by atoms with Crippen molar-refractivity contribution in [3.8, 4) is 0 Å². The second-order valence-electron chi connectivity index (χ2n) is 16.4. The summed E-state index contributed by atoms with van der Waals surface area (Å²) in [6, 6.07) is -0.256. The van der Waals surface area contributed by atoms with E-state index in [9.17, 15) is 24.9 Å². The average Bonchev–Trinajstić information content (AvgIpc) is 3.09. The van der Waals surface area contributed by atoms with Crippen molar-refractivity contribution >= 4 is 11.8 Å². The first-order valence-corrected chi connectivity index (χ1v) is 18.8. The highest BCUT2D eigenvalue weighted by molar-refractivity contribution is 5.83. The van der Waals surface area contributed by atoms with Crippen LogP contribution in [0, 0.1) is 29.6 Å². The molecule has 3 heterocycles. The van der Waals surface area contributed by atoms with E-state index in [4.69, 9.17) is 33.2 Å². The second-order valence-corrected chi connectivity index (χ2v) is 16.4. The second kappa shape index (κ2) is 17.9. The van der Waals surface area contributed by atoms with E-state index in [1.54, 1.807) is 41.7 Å². The lowest BCUT2D eigenvalue weighted by Crippen LogP contribution is -2.61. The Labute approximate surface area is 305 Å². The lowest BCUT2D eigenvalue weighted by Gasteiger charge is -2.49. The number of Topliss-reactive ketones (excluding diaryl/α,β-unsaturated/α-hetero) is 1. The molecule has 18 atom stereocenters. The van der Waals surface area contributed by atoms with Crippen molar-refractivity contribution in [2.45, 2.75) is 174 Å². The van der Waals surface area contributed by atoms with Gasteiger partial charge in [-0.25, -0.2) is 0 Å². The van der Waals surface area contributed by atoms with E-state index in [1.165, 1.54) is 7.11 Å². The Morgan fingerprint density at radius 1 is 0.824 bits per heavy atom. The van der Waals surface area contributed by atoms with E-state index in [0.717, 1.165) is 0 Å². The molecule has 13 nitrogen and oxygen atoms in total. The van der Waals surface area contributed by atoms with Crippen molar-refractivity contribution in [3.05, 3.63) is 0 Å². The molecule has 0 aromatic carbocycles. The van der Waals surface area contributed by atoms with Crippen LogP contribution in [0.25, 0.3) is 0 Å². The molecule has 298 valence electrons. The maximum atomic E-state index is 14.1. The summed E-state index contributed by atoms with van der Waals surface area (Å²) in [6.07, 6.45) is -6.94. The van der Waals surface area contributed by atoms with Gasteiger partial charge in [0, 0.05) is 50.4 Å². The van der Waals surface area contributed by atoms with Crippen LogP contribution in [-0.2, 0) is 42.7 Å². The molecule has 0 bridgehead atoms. The molecular formula is C38H69NO12. The smallest absolute Gasteiger partial charge is 0.311 e. The van der Waals surface area contributed by atoms with Gasteiger partial charge in [0.2, 0.25) is 0 Å². The fourth-order valence-electron chi connectivity index (χ4n) is 8.53. The number of aliphatic hydroxyl groups is 3. The number of carbonyl (C=O) groups is 2. The molecule has 3 N–H and O–H groups in total. The van der Waals surface area contributed by atoms with E-state index in [1.807, 2.05) is 53.6 Å². The van der Waals surface area contributed by atoms with Crippen molar-refractivity contribution in [1.29, 1.82) is 0 Å². The van der Waals surface area contributed by atoms with Crippen LogP contribution in [0.15, 0.2) is 0 Å². The molecule has 3 saturated heterocycles. The minimum absolute atomic E-state index is 0.152. The number of ketones is 1. The maximum absolute atomic E-state index is 14.1. The number of carbonyl (C=O) groups excluding carboxylic acids is 2. The summed E-state index contributed by atoms with van der Waals surface area (Å²) in [4.78, 5) is 30.0. The Bertz CT molecular complexity index is 1140. The Balaban J connectivity index is 2.20. The molecule has 0 saturated carbocycles. The number of esters is 1. The molecule has 13 heteroatoms. The van der Waals surface area contributed by atoms with Gasteiger partial charge in [-0.1, -0.05) is 34.6 Å². The summed E-state index contributed by atoms with van der Waals surface area (Å²) < 4.78 is 44.2. The van der Waals surface area contributed by atoms with Gasteiger partial charge in [-0.05, 0) is 68.0 Å². The van der Waals surface area contributed by atoms with E-state index in [0.29, 0.717) is 12.8 Å². The van der Waals surface area contributed by atoms with Gasteiger partial charge in [-0.15, -0.1) is 0 Å². The van der Waals surface area contributed by atoms with Crippen LogP contribution in [-0.4, -0.2) is 139 Å². The fraction of sp³-hybridized carbons (Fsp3) is 0.947. The normalized spacial score (nSPS) is 48.3. The minimum atomic E-state index is -1.18. The molecule has 3 fully saturated rings. The standard InChI is InChI=1S/C38H69NO12/c1-15-27-21(4)30(41)22(5)29(40)19(2)17-38(10,46-14)34(51-36-31(42)26(39(11)12)16-20(3)47-36)23(6)32(24(7)35(44)49-27)50-28-18-37(9,45-13)33(43)25(8)48-28/h19-28,30-34,36,41-43H,15-18H2,1-14H3/t19-,20-,21+,22+,23-,24-,25+,26+,27-,28+,30-,31-,32+,33+,34-,36+,37-,38-/m1/s1. The molecule has 0 radical (unpaired) electrons. The first kappa shape index (κ1) is 44.1. The number of methoxy groups -OCH3 is 2. The number of ether oxygens (including phenoxy) is 7. The molecule has 0 spiro atoms. The Hall–Kier alpha value is -1.26. The highest BCUT2D eigenvalue weighted by Gasteiger charge is 2.53. The summed E-state index contributed by atoms with van der Waals surface area (Å²) in [5.74, 6) is -4.05. The van der Waals surface area contributed by atoms with Gasteiger partial charge in [-0.3, -0.25) is 9.59 Å². The number of aliphatic hydroxyl groups excluding tert-OH is 3. The van der Waals surface area contributed by atoms with Crippen molar-refractivity contribution in [3.63, 3.8) is 0 Å². The summed E-state index contributed by atoms with van der Waals surface area (Å²) >= 11 is 0. The van der Waals surface area contributed by atoms with Crippen molar-refractivity contribution in [2.75, 3.05) is 28.3 Å². The highest BCUT2D eigenvalue weighted by Crippen LogP contribution is 2.41. The predicted molar refractivity (Wildman–Crippen MR) is 190 cm³/mol. The molecule has 0 amide bonds. The van der Waals surface area contributed by atoms with Gasteiger partial charge < -0.3 is 53.4 Å². The minimum Gasteiger partial charge on any atom is -0.462 e. The number of hydrogen-bond donors (Lipinski definition) is 3. The average molecular weight is 732 g/mol. The van der Waals surface area contributed by atoms with E-state index in [2.05, 4.69) is 0 Å². The molecule has 3 rings (SSSR count). The zero-order chi connectivity index (χ0) is 38.7. The van der Waals surface area contributed by atoms with Crippen LogP contribution in [0.1, 0.15) is 94.9 Å². The number of nitrogens with zero attached hydrogens (tertiary/aromatic N) is 1. The molecular weight excluding hydrogens is 662 g/mol.